The Labute approximate surface area is 196 Å². The molecule has 0 atom stereocenters. The van der Waals surface area contributed by atoms with Gasteiger partial charge < -0.3 is 0 Å². The molecular weight excluding hydrogens is 489 g/mol. The summed E-state index contributed by atoms with van der Waals surface area (Å²) in [6, 6.07) is 0. The summed E-state index contributed by atoms with van der Waals surface area (Å²) in [6.45, 7) is 18.1. The van der Waals surface area contributed by atoms with Gasteiger partial charge in [0.2, 0.25) is 0 Å². The van der Waals surface area contributed by atoms with Crippen LogP contribution in [0.2, 0.25) is 62.6 Å². The van der Waals surface area contributed by atoms with Crippen LogP contribution in [0.5, 0.6) is 0 Å². The van der Waals surface area contributed by atoms with Crippen molar-refractivity contribution in [1.29, 1.82) is 0 Å². The molecule has 4 saturated heterocycles. The summed E-state index contributed by atoms with van der Waals surface area (Å²) in [7, 11) is -2.58. The van der Waals surface area contributed by atoms with E-state index in [0.717, 1.165) is 37.0 Å². The van der Waals surface area contributed by atoms with Crippen LogP contribution in [0.3, 0.4) is 0 Å². The summed E-state index contributed by atoms with van der Waals surface area (Å²) in [6.07, 6.45) is 18.5. The Morgan fingerprint density at radius 1 is 0.517 bits per heavy atom. The van der Waals surface area contributed by atoms with Crippen molar-refractivity contribution >= 4 is 51.9 Å². The summed E-state index contributed by atoms with van der Waals surface area (Å²) in [4.78, 5) is 0. The molecule has 4 heterocycles. The molecule has 0 spiro atoms. The summed E-state index contributed by atoms with van der Waals surface area (Å²) < 4.78 is 6.71. The van der Waals surface area contributed by atoms with Crippen molar-refractivity contribution in [1.82, 2.24) is 5.40 Å². The van der Waals surface area contributed by atoms with E-state index in [1.165, 1.54) is 25.7 Å². The normalized spacial score (nSPS) is 33.5. The van der Waals surface area contributed by atoms with Gasteiger partial charge in [0.25, 0.3) is 0 Å². The second kappa shape index (κ2) is 9.26. The second-order valence-corrected chi connectivity index (χ2v) is 28.4. The molecule has 7 heteroatoms. The average Bonchev–Trinajstić information content (AvgIpc) is 2.59. The van der Waals surface area contributed by atoms with Crippen LogP contribution in [-0.2, 0) is 0 Å². The molecule has 0 unspecified atom stereocenters. The van der Waals surface area contributed by atoms with Gasteiger partial charge in [0.1, 0.15) is 0 Å². The zero-order valence-electron chi connectivity index (χ0n) is 20.3. The second-order valence-electron chi connectivity index (χ2n) is 12.9. The van der Waals surface area contributed by atoms with E-state index in [4.69, 9.17) is 0 Å². The van der Waals surface area contributed by atoms with Crippen molar-refractivity contribution in [2.75, 3.05) is 0 Å². The topological polar surface area (TPSA) is 6.48 Å². The zero-order chi connectivity index (χ0) is 20.8. The summed E-state index contributed by atoms with van der Waals surface area (Å²) in [5, 5.41) is 0. The van der Waals surface area contributed by atoms with E-state index in [2.05, 4.69) is 44.7 Å². The van der Waals surface area contributed by atoms with Crippen LogP contribution in [0, 0.1) is 0 Å². The van der Waals surface area contributed by atoms with Crippen LogP contribution in [0.1, 0.15) is 77.0 Å². The number of rotatable bonds is 6. The Bertz CT molecular complexity index is 476. The summed E-state index contributed by atoms with van der Waals surface area (Å²) in [5.41, 5.74) is 0. The fourth-order valence-corrected chi connectivity index (χ4v) is 21.9. The van der Waals surface area contributed by atoms with Gasteiger partial charge in [0.15, 0.2) is 0 Å². The van der Waals surface area contributed by atoms with Crippen LogP contribution < -0.4 is 0 Å². The van der Waals surface area contributed by atoms with Gasteiger partial charge in [-0.05, 0) is 0 Å². The first kappa shape index (κ1) is 23.4. The molecule has 0 saturated carbocycles. The Kier molecular flexibility index (Phi) is 7.49. The molecule has 4 fully saturated rings. The van der Waals surface area contributed by atoms with Crippen LogP contribution in [0.15, 0.2) is 0 Å². The SMILES string of the molecule is C[Si](C)(C)[N]([Sn][N](B1C2CCCC1CCC2)[Si](C)(C)C)B1C2CCCC1CCC2. The van der Waals surface area contributed by atoms with Gasteiger partial charge in [-0.15, -0.1) is 0 Å². The van der Waals surface area contributed by atoms with Gasteiger partial charge in [-0.25, -0.2) is 0 Å². The Hall–Kier alpha value is 1.28. The van der Waals surface area contributed by atoms with E-state index >= 15 is 0 Å². The van der Waals surface area contributed by atoms with Crippen molar-refractivity contribution in [3.63, 3.8) is 0 Å². The third-order valence-corrected chi connectivity index (χ3v) is 28.0. The van der Waals surface area contributed by atoms with Crippen LogP contribution >= 0.6 is 0 Å². The van der Waals surface area contributed by atoms with Gasteiger partial charge in [-0.3, -0.25) is 0 Å². The zero-order valence-corrected chi connectivity index (χ0v) is 25.2. The minimum absolute atomic E-state index is 0.720. The van der Waals surface area contributed by atoms with Crippen molar-refractivity contribution in [3.05, 3.63) is 0 Å². The number of hydrogen-bond donors (Lipinski definition) is 0. The molecule has 4 bridgehead atoms. The van der Waals surface area contributed by atoms with Crippen LogP contribution in [0.4, 0.5) is 0 Å². The molecule has 4 aliphatic rings. The fraction of sp³-hybridized carbons (Fsp3) is 1.00. The first-order chi connectivity index (χ1) is 13.7. The number of fused-ring (bicyclic) bond motifs is 4. The van der Waals surface area contributed by atoms with Gasteiger partial charge in [-0.2, -0.15) is 0 Å². The van der Waals surface area contributed by atoms with Crippen molar-refractivity contribution < 1.29 is 0 Å². The number of hydrogen-bond acceptors (Lipinski definition) is 2. The maximum atomic E-state index is 3.35. The van der Waals surface area contributed by atoms with Crippen molar-refractivity contribution in [2.24, 2.45) is 0 Å². The molecule has 0 aromatic heterocycles. The Balaban J connectivity index is 1.63. The molecule has 4 aliphatic heterocycles. The molecule has 0 aromatic carbocycles. The van der Waals surface area contributed by atoms with E-state index in [1.54, 1.807) is 51.4 Å². The average molecular weight is 535 g/mol. The predicted octanol–water partition coefficient (Wildman–Crippen LogP) is 6.99. The van der Waals surface area contributed by atoms with Gasteiger partial charge >= 0.3 is 197 Å². The van der Waals surface area contributed by atoms with Crippen LogP contribution in [0.25, 0.3) is 0 Å². The molecule has 2 radical (unpaired) electrons. The van der Waals surface area contributed by atoms with Gasteiger partial charge in [0.05, 0.1) is 0 Å². The molecule has 0 aliphatic carbocycles. The molecular formula is C22H46B2N2Si2Sn. The number of nitrogens with zero attached hydrogens (tertiary/aromatic N) is 2. The third kappa shape index (κ3) is 5.11. The Morgan fingerprint density at radius 3 is 0.966 bits per heavy atom. The fourth-order valence-electron chi connectivity index (χ4n) is 7.57. The van der Waals surface area contributed by atoms with E-state index in [1.807, 2.05) is 0 Å². The molecule has 29 heavy (non-hydrogen) atoms. The first-order valence-electron chi connectivity index (χ1n) is 13.0. The maximum absolute atomic E-state index is 3.35. The van der Waals surface area contributed by atoms with E-state index in [0.29, 0.717) is 0 Å². The quantitative estimate of drug-likeness (QED) is 0.339. The molecule has 0 aromatic rings. The van der Waals surface area contributed by atoms with Crippen molar-refractivity contribution in [2.45, 2.75) is 140 Å². The molecule has 4 rings (SSSR count). The summed E-state index contributed by atoms with van der Waals surface area (Å²) >= 11 is -0.720. The van der Waals surface area contributed by atoms with E-state index in [9.17, 15) is 0 Å². The van der Waals surface area contributed by atoms with E-state index in [-0.39, 0.29) is 0 Å². The standard InChI is InChI=1S/2C11H23BNSi.Sn/c2*1-14(2,3)13-12-10-6-4-7-11(12)9-5-8-10;/h2*10-11H,4-9H2,1-3H3;/q2*-1;+2. The predicted molar refractivity (Wildman–Crippen MR) is 138 cm³/mol. The molecule has 162 valence electrons. The van der Waals surface area contributed by atoms with Crippen molar-refractivity contribution in [3.8, 4) is 0 Å². The summed E-state index contributed by atoms with van der Waals surface area (Å²) in [5.74, 6) is 4.18. The van der Waals surface area contributed by atoms with Gasteiger partial charge in [-0.1, -0.05) is 0 Å². The Morgan fingerprint density at radius 2 is 0.759 bits per heavy atom. The van der Waals surface area contributed by atoms with Gasteiger partial charge in [0, 0.05) is 0 Å². The van der Waals surface area contributed by atoms with E-state index < -0.39 is 38.2 Å². The molecule has 0 N–H and O–H groups in total. The first-order valence-corrected chi connectivity index (χ1v) is 22.5. The minimum atomic E-state index is -1.29. The van der Waals surface area contributed by atoms with Crippen LogP contribution in [-0.4, -0.2) is 57.3 Å². The third-order valence-electron chi connectivity index (χ3n) is 8.79. The molecule has 0 amide bonds. The molecule has 2 nitrogen and oxygen atoms in total. The monoisotopic (exact) mass is 536 g/mol.